The van der Waals surface area contributed by atoms with Crippen molar-refractivity contribution >= 4 is 60.4 Å². The van der Waals surface area contributed by atoms with Gasteiger partial charge in [-0.3, -0.25) is 9.59 Å². The molecule has 0 aromatic carbocycles. The van der Waals surface area contributed by atoms with E-state index in [4.69, 9.17) is 0 Å². The van der Waals surface area contributed by atoms with E-state index < -0.39 is 59.9 Å². The van der Waals surface area contributed by atoms with Crippen LogP contribution in [0.25, 0.3) is 0 Å². The largest absolute Gasteiger partial charge is 2.00 e. The van der Waals surface area contributed by atoms with Crippen molar-refractivity contribution in [3.8, 4) is 0 Å². The van der Waals surface area contributed by atoms with Gasteiger partial charge in [-0.15, -0.1) is 0 Å². The maximum Gasteiger partial charge on any atom is 2.00 e. The van der Waals surface area contributed by atoms with Gasteiger partial charge in [0.2, 0.25) is 0 Å². The molecule has 0 aliphatic carbocycles. The zero-order valence-corrected chi connectivity index (χ0v) is 16.5. The number of alkyl halides is 12. The van der Waals surface area contributed by atoms with E-state index in [1.165, 1.54) is 0 Å². The Labute approximate surface area is 180 Å². The molecule has 0 heterocycles. The summed E-state index contributed by atoms with van der Waals surface area (Å²) in [6.07, 6.45) is -23.9. The van der Waals surface area contributed by atoms with E-state index in [1.807, 2.05) is 0 Å². The number of rotatable bonds is 2. The fourth-order valence-corrected chi connectivity index (χ4v) is 0.565. The SMILES string of the molecule is O=C(/C=C(/[O-])C(F)(F)F)C(F)(F)F.O=C(/C=C(/[O-])C(F)(F)F)C(F)(F)F.[Ba+2]. The molecule has 0 unspecified atom stereocenters. The summed E-state index contributed by atoms with van der Waals surface area (Å²) in [5.74, 6) is -11.3. The Bertz CT molecular complexity index is 527. The van der Waals surface area contributed by atoms with Crippen molar-refractivity contribution in [1.29, 1.82) is 0 Å². The third-order valence-corrected chi connectivity index (χ3v) is 1.64. The molecular weight excluding hydrogens is 549 g/mol. The van der Waals surface area contributed by atoms with Gasteiger partial charge < -0.3 is 10.2 Å². The summed E-state index contributed by atoms with van der Waals surface area (Å²) in [5, 5.41) is 19.6. The van der Waals surface area contributed by atoms with Crippen LogP contribution in [-0.2, 0) is 9.59 Å². The van der Waals surface area contributed by atoms with E-state index in [0.717, 1.165) is 0 Å². The fourth-order valence-electron chi connectivity index (χ4n) is 0.565. The molecule has 0 amide bonds. The summed E-state index contributed by atoms with van der Waals surface area (Å²) in [6, 6.07) is 0. The van der Waals surface area contributed by atoms with E-state index in [0.29, 0.717) is 0 Å². The summed E-state index contributed by atoms with van der Waals surface area (Å²) in [5.41, 5.74) is 0. The molecule has 0 bridgehead atoms. The molecule has 0 radical (unpaired) electrons. The summed E-state index contributed by atoms with van der Waals surface area (Å²) < 4.78 is 136. The Balaban J connectivity index is -0.000000411. The van der Waals surface area contributed by atoms with Crippen LogP contribution in [0.15, 0.2) is 23.7 Å². The van der Waals surface area contributed by atoms with Crippen molar-refractivity contribution < 1.29 is 72.5 Å². The van der Waals surface area contributed by atoms with Crippen LogP contribution in [0.2, 0.25) is 0 Å². The van der Waals surface area contributed by atoms with Crippen LogP contribution in [0.4, 0.5) is 52.7 Å². The second kappa shape index (κ2) is 10.6. The zero-order chi connectivity index (χ0) is 21.7. The Hall–Kier alpha value is -0.849. The number of halogens is 12. The smallest absolute Gasteiger partial charge is 0.869 e. The predicted molar refractivity (Wildman–Crippen MR) is 56.2 cm³/mol. The average molecular weight is 551 g/mol. The van der Waals surface area contributed by atoms with Gasteiger partial charge in [0.05, 0.1) is 0 Å². The second-order valence-electron chi connectivity index (χ2n) is 3.74. The van der Waals surface area contributed by atoms with Gasteiger partial charge in [0.1, 0.15) is 0 Å². The van der Waals surface area contributed by atoms with Gasteiger partial charge in [-0.25, -0.2) is 0 Å². The molecule has 27 heavy (non-hydrogen) atoms. The van der Waals surface area contributed by atoms with Gasteiger partial charge in [-0.05, 0) is 23.7 Å². The number of allylic oxidation sites excluding steroid dienone is 4. The van der Waals surface area contributed by atoms with Gasteiger partial charge in [-0.2, -0.15) is 52.7 Å². The summed E-state index contributed by atoms with van der Waals surface area (Å²) in [6.45, 7) is 0. The second-order valence-corrected chi connectivity index (χ2v) is 3.74. The molecule has 0 saturated heterocycles. The molecule has 0 aliphatic heterocycles. The number of hydrogen-bond donors (Lipinski definition) is 0. The van der Waals surface area contributed by atoms with Crippen LogP contribution >= 0.6 is 0 Å². The van der Waals surface area contributed by atoms with Crippen LogP contribution in [-0.4, -0.2) is 85.2 Å². The van der Waals surface area contributed by atoms with E-state index >= 15 is 0 Å². The predicted octanol–water partition coefficient (Wildman–Crippen LogP) is 1.47. The van der Waals surface area contributed by atoms with Crippen LogP contribution in [0.5, 0.6) is 0 Å². The topological polar surface area (TPSA) is 80.3 Å². The molecule has 4 nitrogen and oxygen atoms in total. The first kappa shape index (κ1) is 30.9. The van der Waals surface area contributed by atoms with Crippen molar-refractivity contribution in [2.24, 2.45) is 0 Å². The number of ketones is 2. The van der Waals surface area contributed by atoms with Crippen LogP contribution < -0.4 is 10.2 Å². The van der Waals surface area contributed by atoms with Crippen LogP contribution in [0, 0.1) is 0 Å². The molecule has 0 fully saturated rings. The summed E-state index contributed by atoms with van der Waals surface area (Å²) in [4.78, 5) is 19.6. The monoisotopic (exact) mass is 552 g/mol. The van der Waals surface area contributed by atoms with Gasteiger partial charge in [-0.1, -0.05) is 0 Å². The third kappa shape index (κ3) is 13.9. The third-order valence-electron chi connectivity index (χ3n) is 1.64. The van der Waals surface area contributed by atoms with Gasteiger partial charge >= 0.3 is 73.6 Å². The minimum Gasteiger partial charge on any atom is -0.869 e. The Morgan fingerprint density at radius 2 is 0.704 bits per heavy atom. The van der Waals surface area contributed by atoms with Gasteiger partial charge in [0.25, 0.3) is 11.6 Å². The summed E-state index contributed by atoms with van der Waals surface area (Å²) in [7, 11) is 0. The van der Waals surface area contributed by atoms with Crippen molar-refractivity contribution in [3.63, 3.8) is 0 Å². The molecule has 152 valence electrons. The fraction of sp³-hybridized carbons (Fsp3) is 0.400. The molecule has 0 aromatic heterocycles. The number of hydrogen-bond acceptors (Lipinski definition) is 4. The van der Waals surface area contributed by atoms with Crippen molar-refractivity contribution in [3.05, 3.63) is 23.7 Å². The first-order valence-corrected chi connectivity index (χ1v) is 5.24. The van der Waals surface area contributed by atoms with Crippen molar-refractivity contribution in [1.82, 2.24) is 0 Å². The average Bonchev–Trinajstić information content (AvgIpc) is 2.34. The minimum atomic E-state index is -5.46. The molecule has 0 atom stereocenters. The molecule has 0 saturated carbocycles. The van der Waals surface area contributed by atoms with Crippen molar-refractivity contribution in [2.45, 2.75) is 24.7 Å². The van der Waals surface area contributed by atoms with E-state index in [1.54, 1.807) is 0 Å². The van der Waals surface area contributed by atoms with Gasteiger partial charge in [0.15, 0.2) is 0 Å². The number of carbonyl (C=O) groups excluding carboxylic acids is 2. The Morgan fingerprint density at radius 1 is 0.519 bits per heavy atom. The molecular formula is C10H2BaF12O4. The maximum atomic E-state index is 11.3. The molecule has 17 heteroatoms. The van der Waals surface area contributed by atoms with E-state index in [-0.39, 0.29) is 48.9 Å². The van der Waals surface area contributed by atoms with E-state index in [9.17, 15) is 72.5 Å². The maximum absolute atomic E-state index is 11.3. The molecule has 0 aromatic rings. The van der Waals surface area contributed by atoms with Crippen molar-refractivity contribution in [2.75, 3.05) is 0 Å². The number of carbonyl (C=O) groups is 2. The van der Waals surface area contributed by atoms with Crippen LogP contribution in [0.1, 0.15) is 0 Å². The normalized spacial score (nSPS) is 13.9. The zero-order valence-electron chi connectivity index (χ0n) is 12.0. The molecule has 0 rings (SSSR count). The molecule has 0 aliphatic rings. The van der Waals surface area contributed by atoms with Gasteiger partial charge in [0, 0.05) is 0 Å². The Kier molecular flexibility index (Phi) is 12.2. The van der Waals surface area contributed by atoms with E-state index in [2.05, 4.69) is 0 Å². The summed E-state index contributed by atoms with van der Waals surface area (Å²) >= 11 is 0. The quantitative estimate of drug-likeness (QED) is 0.226. The standard InChI is InChI=1S/2C5H2F6O2.Ba/c2*6-4(7,8)2(12)1-3(13)5(9,10)11;/h2*1,12H;/q;;+2/p-2/b2*2-1+;. The van der Waals surface area contributed by atoms with Crippen LogP contribution in [0.3, 0.4) is 0 Å². The molecule has 0 N–H and O–H groups in total. The Morgan fingerprint density at radius 3 is 0.815 bits per heavy atom. The first-order valence-electron chi connectivity index (χ1n) is 5.24. The minimum absolute atomic E-state index is 0. The first-order chi connectivity index (χ1) is 11.1. The molecule has 0 spiro atoms.